The van der Waals surface area contributed by atoms with Gasteiger partial charge in [-0.05, 0) is 33.3 Å². The number of hydrogen-bond donors (Lipinski definition) is 1. The van der Waals surface area contributed by atoms with Gasteiger partial charge in [0.25, 0.3) is 0 Å². The first-order chi connectivity index (χ1) is 13.4. The number of rotatable bonds is 5. The highest BCUT2D eigenvalue weighted by Gasteiger charge is 2.36. The quantitative estimate of drug-likeness (QED) is 0.832. The van der Waals surface area contributed by atoms with E-state index in [0.717, 1.165) is 24.5 Å². The summed E-state index contributed by atoms with van der Waals surface area (Å²) in [4.78, 5) is 25.3. The second-order valence-electron chi connectivity index (χ2n) is 8.11. The van der Waals surface area contributed by atoms with Crippen LogP contribution in [0.2, 0.25) is 0 Å². The number of ether oxygens (including phenoxy) is 2. The van der Waals surface area contributed by atoms with Crippen LogP contribution in [-0.2, 0) is 11.3 Å². The highest BCUT2D eigenvalue weighted by molar-refractivity contribution is 5.82. The van der Waals surface area contributed by atoms with Gasteiger partial charge in [0.15, 0.2) is 5.96 Å². The summed E-state index contributed by atoms with van der Waals surface area (Å²) in [5, 5.41) is 3.42. The molecule has 3 rings (SSSR count). The predicted molar refractivity (Wildman–Crippen MR) is 107 cm³/mol. The lowest BCUT2D eigenvalue weighted by atomic mass is 10.2. The van der Waals surface area contributed by atoms with Gasteiger partial charge in [-0.3, -0.25) is 4.99 Å². The minimum absolute atomic E-state index is 0.188. The van der Waals surface area contributed by atoms with E-state index in [9.17, 15) is 4.79 Å². The van der Waals surface area contributed by atoms with E-state index >= 15 is 0 Å². The summed E-state index contributed by atoms with van der Waals surface area (Å²) in [5.41, 5.74) is 0.531. The van der Waals surface area contributed by atoms with E-state index in [0.29, 0.717) is 38.7 Å². The molecule has 1 atom stereocenters. The smallest absolute Gasteiger partial charge is 0.410 e. The number of aromatic nitrogens is 1. The van der Waals surface area contributed by atoms with E-state index in [2.05, 4.69) is 27.1 Å². The Morgan fingerprint density at radius 2 is 2.18 bits per heavy atom. The van der Waals surface area contributed by atoms with Crippen LogP contribution >= 0.6 is 0 Å². The van der Waals surface area contributed by atoms with Gasteiger partial charge in [-0.2, -0.15) is 0 Å². The Bertz CT molecular complexity index is 716. The van der Waals surface area contributed by atoms with E-state index < -0.39 is 5.60 Å². The van der Waals surface area contributed by atoms with Crippen molar-refractivity contribution in [1.82, 2.24) is 20.1 Å². The van der Waals surface area contributed by atoms with Crippen molar-refractivity contribution in [3.8, 4) is 5.88 Å². The van der Waals surface area contributed by atoms with Gasteiger partial charge in [-0.25, -0.2) is 9.78 Å². The van der Waals surface area contributed by atoms with Crippen LogP contribution in [0.15, 0.2) is 23.3 Å². The minimum Gasteiger partial charge on any atom is -0.477 e. The van der Waals surface area contributed by atoms with Crippen molar-refractivity contribution in [2.75, 3.05) is 32.8 Å². The third-order valence-electron chi connectivity index (χ3n) is 4.59. The summed E-state index contributed by atoms with van der Waals surface area (Å²) in [5.74, 6) is 1.54. The van der Waals surface area contributed by atoms with Gasteiger partial charge >= 0.3 is 6.09 Å². The Kier molecular flexibility index (Phi) is 6.26. The van der Waals surface area contributed by atoms with Crippen LogP contribution in [0.25, 0.3) is 0 Å². The molecule has 0 spiro atoms. The third kappa shape index (κ3) is 5.05. The fraction of sp³-hybridized carbons (Fsp3) is 0.650. The number of fused-ring (bicyclic) bond motifs is 1. The molecule has 0 bridgehead atoms. The van der Waals surface area contributed by atoms with E-state index in [1.165, 1.54) is 0 Å². The van der Waals surface area contributed by atoms with Gasteiger partial charge < -0.3 is 24.6 Å². The number of aliphatic imine (C=N–C) groups is 1. The topological polar surface area (TPSA) is 79.3 Å². The SMILES string of the molecule is CCCOc1ncccc1CNC1=NCC2CN(C(=O)OC(C)(C)C)CCN12. The van der Waals surface area contributed by atoms with Crippen LogP contribution in [0.4, 0.5) is 4.79 Å². The van der Waals surface area contributed by atoms with E-state index in [4.69, 9.17) is 9.47 Å². The van der Waals surface area contributed by atoms with Crippen LogP contribution in [0.1, 0.15) is 39.7 Å². The van der Waals surface area contributed by atoms with Gasteiger partial charge in [-0.15, -0.1) is 0 Å². The van der Waals surface area contributed by atoms with E-state index in [-0.39, 0.29) is 12.1 Å². The van der Waals surface area contributed by atoms with Crippen LogP contribution < -0.4 is 10.1 Å². The molecule has 1 fully saturated rings. The third-order valence-corrected chi connectivity index (χ3v) is 4.59. The number of nitrogens with zero attached hydrogens (tertiary/aromatic N) is 4. The van der Waals surface area contributed by atoms with Gasteiger partial charge in [0.2, 0.25) is 5.88 Å². The summed E-state index contributed by atoms with van der Waals surface area (Å²) >= 11 is 0. The zero-order valence-electron chi connectivity index (χ0n) is 17.3. The van der Waals surface area contributed by atoms with Gasteiger partial charge in [-0.1, -0.05) is 13.0 Å². The molecule has 1 aromatic rings. The molecule has 8 nitrogen and oxygen atoms in total. The molecule has 1 unspecified atom stereocenters. The number of amides is 1. The molecular formula is C20H31N5O3. The molecule has 0 aromatic carbocycles. The Labute approximate surface area is 166 Å². The Balaban J connectivity index is 1.54. The summed E-state index contributed by atoms with van der Waals surface area (Å²) in [6.07, 6.45) is 2.44. The average Bonchev–Trinajstić information content (AvgIpc) is 3.06. The lowest BCUT2D eigenvalue weighted by Gasteiger charge is -2.39. The lowest BCUT2D eigenvalue weighted by Crippen LogP contribution is -2.57. The molecule has 1 amide bonds. The second kappa shape index (κ2) is 8.67. The van der Waals surface area contributed by atoms with Gasteiger partial charge in [0.1, 0.15) is 5.60 Å². The molecule has 154 valence electrons. The molecule has 0 aliphatic carbocycles. The number of piperazine rings is 1. The van der Waals surface area contributed by atoms with Crippen molar-refractivity contribution in [2.24, 2.45) is 4.99 Å². The number of carbonyl (C=O) groups is 1. The normalized spacial score (nSPS) is 19.1. The van der Waals surface area contributed by atoms with E-state index in [1.807, 2.05) is 32.9 Å². The standard InChI is InChI=1S/C20H31N5O3/c1-5-11-27-17-15(7-6-8-21-17)12-22-18-23-13-16-14-24(9-10-25(16)18)19(26)28-20(2,3)4/h6-8,16H,5,9-14H2,1-4H3,(H,22,23). The lowest BCUT2D eigenvalue weighted by molar-refractivity contribution is 0.0137. The summed E-state index contributed by atoms with van der Waals surface area (Å²) in [7, 11) is 0. The van der Waals surface area contributed by atoms with Crippen LogP contribution in [0, 0.1) is 0 Å². The molecule has 1 N–H and O–H groups in total. The molecule has 2 aliphatic rings. The maximum Gasteiger partial charge on any atom is 0.410 e. The highest BCUT2D eigenvalue weighted by Crippen LogP contribution is 2.20. The maximum atomic E-state index is 12.3. The Morgan fingerprint density at radius 3 is 2.93 bits per heavy atom. The first-order valence-electron chi connectivity index (χ1n) is 9.97. The summed E-state index contributed by atoms with van der Waals surface area (Å²) in [6.45, 7) is 11.7. The zero-order chi connectivity index (χ0) is 20.1. The molecule has 28 heavy (non-hydrogen) atoms. The molecule has 1 aromatic heterocycles. The molecule has 1 saturated heterocycles. The fourth-order valence-electron chi connectivity index (χ4n) is 3.28. The first-order valence-corrected chi connectivity index (χ1v) is 9.97. The number of nitrogens with one attached hydrogen (secondary N) is 1. The largest absolute Gasteiger partial charge is 0.477 e. The van der Waals surface area contributed by atoms with Crippen molar-refractivity contribution < 1.29 is 14.3 Å². The summed E-state index contributed by atoms with van der Waals surface area (Å²) < 4.78 is 11.2. The Morgan fingerprint density at radius 1 is 1.36 bits per heavy atom. The minimum atomic E-state index is -0.478. The molecule has 3 heterocycles. The monoisotopic (exact) mass is 389 g/mol. The van der Waals surface area contributed by atoms with Crippen molar-refractivity contribution in [2.45, 2.75) is 52.3 Å². The maximum absolute atomic E-state index is 12.3. The van der Waals surface area contributed by atoms with Crippen molar-refractivity contribution >= 4 is 12.1 Å². The highest BCUT2D eigenvalue weighted by atomic mass is 16.6. The first kappa shape index (κ1) is 20.2. The number of carbonyl (C=O) groups excluding carboxylic acids is 1. The predicted octanol–water partition coefficient (Wildman–Crippen LogP) is 2.25. The number of pyridine rings is 1. The van der Waals surface area contributed by atoms with E-state index in [1.54, 1.807) is 11.1 Å². The zero-order valence-corrected chi connectivity index (χ0v) is 17.3. The van der Waals surface area contributed by atoms with Crippen molar-refractivity contribution in [1.29, 1.82) is 0 Å². The van der Waals surface area contributed by atoms with Crippen LogP contribution in [-0.4, -0.2) is 71.3 Å². The van der Waals surface area contributed by atoms with Gasteiger partial charge in [0.05, 0.1) is 19.2 Å². The molecule has 2 aliphatic heterocycles. The molecule has 0 radical (unpaired) electrons. The van der Waals surface area contributed by atoms with Crippen molar-refractivity contribution in [3.05, 3.63) is 23.9 Å². The van der Waals surface area contributed by atoms with Gasteiger partial charge in [0, 0.05) is 37.9 Å². The van der Waals surface area contributed by atoms with Crippen LogP contribution in [0.3, 0.4) is 0 Å². The Hall–Kier alpha value is -2.51. The number of guanidine groups is 1. The second-order valence-corrected chi connectivity index (χ2v) is 8.11. The molecule has 0 saturated carbocycles. The van der Waals surface area contributed by atoms with Crippen molar-refractivity contribution in [3.63, 3.8) is 0 Å². The summed E-state index contributed by atoms with van der Waals surface area (Å²) in [6, 6.07) is 4.11. The van der Waals surface area contributed by atoms with Crippen LogP contribution in [0.5, 0.6) is 5.88 Å². The fourth-order valence-corrected chi connectivity index (χ4v) is 3.28. The molecular weight excluding hydrogens is 358 g/mol. The average molecular weight is 390 g/mol. The molecule has 8 heteroatoms. The number of hydrogen-bond acceptors (Lipinski definition) is 7.